The maximum Gasteiger partial charge on any atom is 0.296 e. The first kappa shape index (κ1) is 22.9. The third-order valence-corrected chi connectivity index (χ3v) is 7.80. The summed E-state index contributed by atoms with van der Waals surface area (Å²) in [4.78, 5) is 12.6. The maximum atomic E-state index is 13.0. The predicted molar refractivity (Wildman–Crippen MR) is 121 cm³/mol. The lowest BCUT2D eigenvalue weighted by Gasteiger charge is -2.11. The Hall–Kier alpha value is -2.76. The van der Waals surface area contributed by atoms with Crippen LogP contribution < -0.4 is 15.0 Å². The Morgan fingerprint density at radius 3 is 2.26 bits per heavy atom. The zero-order valence-corrected chi connectivity index (χ0v) is 19.3. The molecule has 0 amide bonds. The van der Waals surface area contributed by atoms with Gasteiger partial charge in [-0.05, 0) is 44.2 Å². The van der Waals surface area contributed by atoms with E-state index in [9.17, 15) is 21.6 Å². The number of nitrogens with zero attached hydrogens (tertiary/aromatic N) is 2. The summed E-state index contributed by atoms with van der Waals surface area (Å²) in [5.74, 6) is -0.182. The Bertz CT molecular complexity index is 1400. The third kappa shape index (κ3) is 4.63. The average molecular weight is 485 g/mol. The number of aromatic nitrogens is 2. The number of hydrogen-bond acceptors (Lipinski definition) is 5. The molecule has 0 fully saturated rings. The lowest BCUT2D eigenvalue weighted by molar-refractivity contribution is 0.599. The number of nitrogens with one attached hydrogen (secondary N) is 2. The van der Waals surface area contributed by atoms with Gasteiger partial charge in [0.25, 0.3) is 15.6 Å². The summed E-state index contributed by atoms with van der Waals surface area (Å²) >= 11 is 6.08. The molecule has 2 N–H and O–H groups in total. The normalized spacial score (nSPS) is 12.0. The van der Waals surface area contributed by atoms with Crippen LogP contribution in [-0.2, 0) is 27.1 Å². The number of rotatable bonds is 7. The maximum absolute atomic E-state index is 13.0. The van der Waals surface area contributed by atoms with Crippen LogP contribution in [0.3, 0.4) is 0 Å². The summed E-state index contributed by atoms with van der Waals surface area (Å²) in [5, 5.41) is -0.121. The molecule has 3 aromatic rings. The van der Waals surface area contributed by atoms with Crippen molar-refractivity contribution in [1.29, 1.82) is 0 Å². The van der Waals surface area contributed by atoms with Crippen LogP contribution in [0.25, 0.3) is 5.69 Å². The van der Waals surface area contributed by atoms with E-state index in [2.05, 4.69) is 9.44 Å². The fourth-order valence-electron chi connectivity index (χ4n) is 2.90. The summed E-state index contributed by atoms with van der Waals surface area (Å²) in [6.07, 6.45) is 0. The van der Waals surface area contributed by atoms with Gasteiger partial charge in [0, 0.05) is 12.7 Å². The molecule has 9 nitrogen and oxygen atoms in total. The van der Waals surface area contributed by atoms with Crippen LogP contribution in [-0.4, -0.2) is 32.0 Å². The molecule has 0 bridgehead atoms. The standard InChI is InChI=1S/C19H21ClN4O5S2/c1-4-30(26,27)21-14-10-11-16(20)17(12-14)31(28,29)22-18-13(2)23(3)24(19(18)25)15-8-6-5-7-9-15/h5-12,21-22H,4H2,1-3H3. The van der Waals surface area contributed by atoms with Crippen molar-refractivity contribution in [2.24, 2.45) is 7.05 Å². The monoisotopic (exact) mass is 484 g/mol. The van der Waals surface area contributed by atoms with E-state index in [0.717, 1.165) is 6.07 Å². The molecule has 0 saturated heterocycles. The number of benzene rings is 2. The van der Waals surface area contributed by atoms with Gasteiger partial charge >= 0.3 is 0 Å². The Labute approximate surface area is 185 Å². The SMILES string of the molecule is CCS(=O)(=O)Nc1ccc(Cl)c(S(=O)(=O)Nc2c(C)n(C)n(-c3ccccc3)c2=O)c1. The van der Waals surface area contributed by atoms with Crippen molar-refractivity contribution in [3.63, 3.8) is 0 Å². The molecule has 0 aliphatic carbocycles. The molecule has 166 valence electrons. The minimum atomic E-state index is -4.30. The highest BCUT2D eigenvalue weighted by Gasteiger charge is 2.25. The second-order valence-electron chi connectivity index (χ2n) is 6.69. The molecule has 3 rings (SSSR count). The van der Waals surface area contributed by atoms with Crippen LogP contribution in [0.5, 0.6) is 0 Å². The average Bonchev–Trinajstić information content (AvgIpc) is 2.93. The van der Waals surface area contributed by atoms with Gasteiger partial charge in [0.1, 0.15) is 10.6 Å². The first-order valence-electron chi connectivity index (χ1n) is 9.13. The van der Waals surface area contributed by atoms with E-state index in [4.69, 9.17) is 11.6 Å². The van der Waals surface area contributed by atoms with Crippen molar-refractivity contribution in [2.45, 2.75) is 18.7 Å². The molecule has 0 saturated carbocycles. The molecule has 1 aromatic heterocycles. The zero-order valence-electron chi connectivity index (χ0n) is 17.0. The van der Waals surface area contributed by atoms with Crippen molar-refractivity contribution >= 4 is 43.0 Å². The molecular formula is C19H21ClN4O5S2. The smallest absolute Gasteiger partial charge is 0.284 e. The van der Waals surface area contributed by atoms with Crippen LogP contribution in [0.2, 0.25) is 5.02 Å². The molecule has 31 heavy (non-hydrogen) atoms. The summed E-state index contributed by atoms with van der Waals surface area (Å²) < 4.78 is 57.2. The van der Waals surface area contributed by atoms with Crippen molar-refractivity contribution in [3.8, 4) is 5.69 Å². The van der Waals surface area contributed by atoms with Crippen LogP contribution >= 0.6 is 11.6 Å². The van der Waals surface area contributed by atoms with Crippen molar-refractivity contribution < 1.29 is 16.8 Å². The molecule has 0 atom stereocenters. The molecule has 1 heterocycles. The van der Waals surface area contributed by atoms with Gasteiger partial charge in [-0.15, -0.1) is 0 Å². The van der Waals surface area contributed by atoms with E-state index in [0.29, 0.717) is 11.4 Å². The highest BCUT2D eigenvalue weighted by Crippen LogP contribution is 2.28. The van der Waals surface area contributed by atoms with E-state index in [1.807, 2.05) is 0 Å². The van der Waals surface area contributed by atoms with E-state index in [-0.39, 0.29) is 27.0 Å². The van der Waals surface area contributed by atoms with Crippen molar-refractivity contribution in [3.05, 3.63) is 69.6 Å². The minimum Gasteiger partial charge on any atom is -0.284 e. The zero-order chi connectivity index (χ0) is 23.0. The number of halogens is 1. The molecule has 0 radical (unpaired) electrons. The third-order valence-electron chi connectivity index (χ3n) is 4.66. The number of para-hydroxylation sites is 1. The lowest BCUT2D eigenvalue weighted by Crippen LogP contribution is -2.23. The first-order valence-corrected chi connectivity index (χ1v) is 12.6. The Balaban J connectivity index is 2.05. The number of sulfonamides is 2. The Kier molecular flexibility index (Phi) is 6.21. The van der Waals surface area contributed by atoms with Crippen LogP contribution in [0.15, 0.2) is 58.2 Å². The van der Waals surface area contributed by atoms with Gasteiger partial charge in [0.2, 0.25) is 10.0 Å². The second-order valence-corrected chi connectivity index (χ2v) is 10.8. The molecule has 0 aliphatic rings. The molecule has 0 aliphatic heterocycles. The summed E-state index contributed by atoms with van der Waals surface area (Å²) in [6.45, 7) is 3.06. The van der Waals surface area contributed by atoms with Crippen molar-refractivity contribution in [2.75, 3.05) is 15.2 Å². The molecular weight excluding hydrogens is 464 g/mol. The van der Waals surface area contributed by atoms with Gasteiger partial charge in [0.05, 0.1) is 22.2 Å². The quantitative estimate of drug-likeness (QED) is 0.534. The topological polar surface area (TPSA) is 119 Å². The van der Waals surface area contributed by atoms with Gasteiger partial charge in [-0.25, -0.2) is 21.5 Å². The fourth-order valence-corrected chi connectivity index (χ4v) is 5.17. The van der Waals surface area contributed by atoms with Gasteiger partial charge in [0.15, 0.2) is 0 Å². The molecule has 0 unspecified atom stereocenters. The minimum absolute atomic E-state index is 0.0399. The fraction of sp³-hybridized carbons (Fsp3) is 0.211. The largest absolute Gasteiger partial charge is 0.296 e. The van der Waals surface area contributed by atoms with E-state index < -0.39 is 25.6 Å². The predicted octanol–water partition coefficient (Wildman–Crippen LogP) is 2.70. The first-order chi connectivity index (χ1) is 14.5. The second kappa shape index (κ2) is 8.40. The molecule has 12 heteroatoms. The summed E-state index contributed by atoms with van der Waals surface area (Å²) in [6, 6.07) is 12.5. The van der Waals surface area contributed by atoms with Gasteiger partial charge in [-0.3, -0.25) is 18.9 Å². The number of hydrogen-bond donors (Lipinski definition) is 2. The Morgan fingerprint density at radius 1 is 1.00 bits per heavy atom. The van der Waals surface area contributed by atoms with Crippen LogP contribution in [0.1, 0.15) is 12.6 Å². The van der Waals surface area contributed by atoms with Crippen molar-refractivity contribution in [1.82, 2.24) is 9.36 Å². The van der Waals surface area contributed by atoms with E-state index >= 15 is 0 Å². The van der Waals surface area contributed by atoms with Gasteiger partial charge in [-0.2, -0.15) is 0 Å². The summed E-state index contributed by atoms with van der Waals surface area (Å²) in [5.41, 5.74) is 0.294. The molecule has 0 spiro atoms. The highest BCUT2D eigenvalue weighted by molar-refractivity contribution is 7.93. The van der Waals surface area contributed by atoms with E-state index in [1.165, 1.54) is 28.4 Å². The van der Waals surface area contributed by atoms with Crippen LogP contribution in [0, 0.1) is 6.92 Å². The van der Waals surface area contributed by atoms with Crippen LogP contribution in [0.4, 0.5) is 11.4 Å². The Morgan fingerprint density at radius 2 is 1.65 bits per heavy atom. The van der Waals surface area contributed by atoms with E-state index in [1.54, 1.807) is 44.3 Å². The number of anilines is 2. The lowest BCUT2D eigenvalue weighted by atomic mass is 10.3. The summed E-state index contributed by atoms with van der Waals surface area (Å²) in [7, 11) is -6.29. The van der Waals surface area contributed by atoms with Gasteiger partial charge in [-0.1, -0.05) is 29.8 Å². The van der Waals surface area contributed by atoms with Gasteiger partial charge < -0.3 is 0 Å². The highest BCUT2D eigenvalue weighted by atomic mass is 35.5. The molecule has 2 aromatic carbocycles.